The molecule has 0 aliphatic carbocycles. The van der Waals surface area contributed by atoms with E-state index in [1.165, 1.54) is 17.4 Å². The number of carbonyl (C=O) groups is 2. The van der Waals surface area contributed by atoms with E-state index in [0.717, 1.165) is 11.4 Å². The third-order valence-electron chi connectivity index (χ3n) is 4.73. The van der Waals surface area contributed by atoms with E-state index in [9.17, 15) is 9.59 Å². The second-order valence-electron chi connectivity index (χ2n) is 7.14. The first-order valence-electron chi connectivity index (χ1n) is 9.65. The van der Waals surface area contributed by atoms with Crippen molar-refractivity contribution in [1.29, 1.82) is 0 Å². The van der Waals surface area contributed by atoms with E-state index < -0.39 is 0 Å². The summed E-state index contributed by atoms with van der Waals surface area (Å²) in [7, 11) is 3.92. The quantitative estimate of drug-likeness (QED) is 0.384. The van der Waals surface area contributed by atoms with Gasteiger partial charge in [-0.1, -0.05) is 30.3 Å². The zero-order valence-corrected chi connectivity index (χ0v) is 19.0. The van der Waals surface area contributed by atoms with Gasteiger partial charge in [0.2, 0.25) is 11.9 Å². The molecule has 0 aliphatic heterocycles. The van der Waals surface area contributed by atoms with Crippen molar-refractivity contribution >= 4 is 63.1 Å². The van der Waals surface area contributed by atoms with Gasteiger partial charge in [0.05, 0.1) is 32.3 Å². The van der Waals surface area contributed by atoms with Crippen LogP contribution < -0.4 is 15.5 Å². The lowest BCUT2D eigenvalue weighted by atomic mass is 10.2. The van der Waals surface area contributed by atoms with Gasteiger partial charge in [0, 0.05) is 25.2 Å². The van der Waals surface area contributed by atoms with Crippen LogP contribution in [-0.2, 0) is 4.79 Å². The minimum Gasteiger partial charge on any atom is -0.378 e. The number of hydrogen-bond acceptors (Lipinski definition) is 5. The molecule has 2 aromatic carbocycles. The molecule has 4 aromatic rings. The number of hydrogen-bond donors (Lipinski definition) is 2. The van der Waals surface area contributed by atoms with Crippen LogP contribution in [0, 0.1) is 0 Å². The normalized spacial score (nSPS) is 10.7. The molecule has 0 bridgehead atoms. The number of fused-ring (bicyclic) bond motifs is 1. The number of para-hydroxylation sites is 1. The number of nitrogens with one attached hydrogen (secondary N) is 2. The summed E-state index contributed by atoms with van der Waals surface area (Å²) in [5.74, 6) is -0.336. The highest BCUT2D eigenvalue weighted by molar-refractivity contribution is 7.12. The van der Waals surface area contributed by atoms with Gasteiger partial charge in [-0.25, -0.2) is 4.98 Å². The molecule has 0 aliphatic rings. The number of anilines is 3. The Kier molecular flexibility index (Phi) is 5.98. The van der Waals surface area contributed by atoms with Crippen molar-refractivity contribution in [2.24, 2.45) is 0 Å². The van der Waals surface area contributed by atoms with E-state index >= 15 is 0 Å². The van der Waals surface area contributed by atoms with Crippen LogP contribution in [0.4, 0.5) is 17.3 Å². The largest absolute Gasteiger partial charge is 0.378 e. The first-order chi connectivity index (χ1) is 15.4. The molecule has 9 heteroatoms. The number of nitrogens with zero attached hydrogens (tertiary/aromatic N) is 3. The van der Waals surface area contributed by atoms with E-state index in [-0.39, 0.29) is 11.8 Å². The fraction of sp³-hybridized carbons (Fsp3) is 0.0870. The number of amides is 2. The molecular weight excluding hydrogens is 446 g/mol. The zero-order chi connectivity index (χ0) is 22.8. The summed E-state index contributed by atoms with van der Waals surface area (Å²) in [6, 6.07) is 14.9. The van der Waals surface area contributed by atoms with E-state index in [1.54, 1.807) is 17.5 Å². The summed E-state index contributed by atoms with van der Waals surface area (Å²) < 4.78 is 1.83. The van der Waals surface area contributed by atoms with Gasteiger partial charge in [-0.15, -0.1) is 11.3 Å². The highest BCUT2D eigenvalue weighted by Gasteiger charge is 2.19. The maximum Gasteiger partial charge on any atom is 0.268 e. The van der Waals surface area contributed by atoms with Crippen LogP contribution in [0.3, 0.4) is 0 Å². The van der Waals surface area contributed by atoms with Gasteiger partial charge in [0.1, 0.15) is 0 Å². The molecule has 0 spiro atoms. The lowest BCUT2D eigenvalue weighted by Crippen LogP contribution is -2.15. The van der Waals surface area contributed by atoms with Crippen molar-refractivity contribution in [1.82, 2.24) is 9.55 Å². The molecule has 7 nitrogen and oxygen atoms in total. The number of imidazole rings is 1. The van der Waals surface area contributed by atoms with Gasteiger partial charge in [-0.05, 0) is 42.5 Å². The second kappa shape index (κ2) is 8.86. The molecule has 2 heterocycles. The van der Waals surface area contributed by atoms with Gasteiger partial charge < -0.3 is 10.2 Å². The van der Waals surface area contributed by atoms with Gasteiger partial charge >= 0.3 is 0 Å². The smallest absolute Gasteiger partial charge is 0.268 e. The van der Waals surface area contributed by atoms with Crippen LogP contribution in [0.25, 0.3) is 16.7 Å². The summed E-state index contributed by atoms with van der Waals surface area (Å²) in [6.07, 6.45) is 1.17. The third-order valence-corrected chi connectivity index (χ3v) is 5.97. The molecule has 4 rings (SSSR count). The Morgan fingerprint density at radius 1 is 1.16 bits per heavy atom. The average Bonchev–Trinajstić information content (AvgIpc) is 3.39. The molecule has 2 amide bonds. The van der Waals surface area contributed by atoms with Gasteiger partial charge in [-0.3, -0.25) is 19.5 Å². The highest BCUT2D eigenvalue weighted by Crippen LogP contribution is 2.32. The van der Waals surface area contributed by atoms with Crippen molar-refractivity contribution in [3.05, 3.63) is 76.5 Å². The molecule has 0 saturated heterocycles. The SMILES string of the molecule is C=CC(=O)Nc1csc(C(=O)Nc2nc3cccc(Cl)c3n2-c2cccc(N(C)C)c2)c1. The molecular formula is C23H20ClN5O2S. The predicted molar refractivity (Wildman–Crippen MR) is 132 cm³/mol. The Hall–Kier alpha value is -3.62. The fourth-order valence-corrected chi connectivity index (χ4v) is 4.20. The van der Waals surface area contributed by atoms with E-state index in [2.05, 4.69) is 22.2 Å². The lowest BCUT2D eigenvalue weighted by molar-refractivity contribution is -0.111. The molecule has 0 unspecified atom stereocenters. The molecule has 32 heavy (non-hydrogen) atoms. The predicted octanol–water partition coefficient (Wildman–Crippen LogP) is 5.18. The topological polar surface area (TPSA) is 79.3 Å². The van der Waals surface area contributed by atoms with Crippen molar-refractivity contribution < 1.29 is 9.59 Å². The minimum absolute atomic E-state index is 0.341. The van der Waals surface area contributed by atoms with Crippen molar-refractivity contribution in [3.63, 3.8) is 0 Å². The van der Waals surface area contributed by atoms with E-state index in [4.69, 9.17) is 11.6 Å². The Bertz CT molecular complexity index is 1340. The first-order valence-corrected chi connectivity index (χ1v) is 10.9. The molecule has 0 saturated carbocycles. The van der Waals surface area contributed by atoms with Crippen LogP contribution in [-0.4, -0.2) is 35.5 Å². The summed E-state index contributed by atoms with van der Waals surface area (Å²) in [5, 5.41) is 7.75. The fourth-order valence-electron chi connectivity index (χ4n) is 3.21. The van der Waals surface area contributed by atoms with Crippen LogP contribution in [0.2, 0.25) is 5.02 Å². The number of thiophene rings is 1. The summed E-state index contributed by atoms with van der Waals surface area (Å²) in [6.45, 7) is 3.43. The van der Waals surface area contributed by atoms with Gasteiger partial charge in [0.15, 0.2) is 0 Å². The van der Waals surface area contributed by atoms with Crippen LogP contribution in [0.15, 0.2) is 66.6 Å². The Morgan fingerprint density at radius 3 is 2.69 bits per heavy atom. The molecule has 0 atom stereocenters. The Balaban J connectivity index is 1.75. The monoisotopic (exact) mass is 465 g/mol. The van der Waals surface area contributed by atoms with Crippen molar-refractivity contribution in [2.45, 2.75) is 0 Å². The van der Waals surface area contributed by atoms with Crippen molar-refractivity contribution in [3.8, 4) is 5.69 Å². The standard InChI is InChI=1S/C23H20ClN5O2S/c1-4-20(30)25-14-11-19(32-13-14)22(31)27-23-26-18-10-6-9-17(24)21(18)29(23)16-8-5-7-15(12-16)28(2)3/h4-13H,1H2,2-3H3,(H,25,30)(H,26,27,31). The number of benzene rings is 2. The number of halogens is 1. The molecule has 0 fully saturated rings. The summed E-state index contributed by atoms with van der Waals surface area (Å²) in [4.78, 5) is 31.5. The lowest BCUT2D eigenvalue weighted by Gasteiger charge is -2.16. The Morgan fingerprint density at radius 2 is 1.94 bits per heavy atom. The minimum atomic E-state index is -0.342. The molecule has 162 valence electrons. The van der Waals surface area contributed by atoms with Crippen LogP contribution in [0.1, 0.15) is 9.67 Å². The maximum atomic E-state index is 13.0. The molecule has 2 N–H and O–H groups in total. The maximum absolute atomic E-state index is 13.0. The third kappa shape index (κ3) is 4.23. The zero-order valence-electron chi connectivity index (χ0n) is 17.4. The molecule has 2 aromatic heterocycles. The number of aromatic nitrogens is 2. The van der Waals surface area contributed by atoms with Gasteiger partial charge in [0.25, 0.3) is 5.91 Å². The number of carbonyl (C=O) groups excluding carboxylic acids is 2. The summed E-state index contributed by atoms with van der Waals surface area (Å²) >= 11 is 7.73. The average molecular weight is 466 g/mol. The van der Waals surface area contributed by atoms with Gasteiger partial charge in [-0.2, -0.15) is 0 Å². The second-order valence-corrected chi connectivity index (χ2v) is 8.46. The summed E-state index contributed by atoms with van der Waals surface area (Å²) in [5.41, 5.74) is 3.70. The first kappa shape index (κ1) is 21.6. The van der Waals surface area contributed by atoms with E-state index in [0.29, 0.717) is 32.6 Å². The van der Waals surface area contributed by atoms with Crippen molar-refractivity contribution in [2.75, 3.05) is 29.6 Å². The van der Waals surface area contributed by atoms with E-state index in [1.807, 2.05) is 60.0 Å². The number of rotatable bonds is 6. The van der Waals surface area contributed by atoms with Crippen LogP contribution in [0.5, 0.6) is 0 Å². The Labute approximate surface area is 193 Å². The highest BCUT2D eigenvalue weighted by atomic mass is 35.5. The van der Waals surface area contributed by atoms with Crippen LogP contribution >= 0.6 is 22.9 Å². The molecule has 0 radical (unpaired) electrons.